The second kappa shape index (κ2) is 7.17. The molecule has 96 valence electrons. The van der Waals surface area contributed by atoms with Crippen LogP contribution < -0.4 is 10.1 Å². The average molecular weight is 248 g/mol. The lowest BCUT2D eigenvalue weighted by atomic mass is 10.1. The first-order valence-corrected chi connectivity index (χ1v) is 5.71. The van der Waals surface area contributed by atoms with Gasteiger partial charge in [0.05, 0.1) is 18.7 Å². The molecular weight excluding hydrogens is 232 g/mol. The van der Waals surface area contributed by atoms with Gasteiger partial charge in [-0.25, -0.2) is 0 Å². The molecule has 1 amide bonds. The van der Waals surface area contributed by atoms with Crippen molar-refractivity contribution in [3.63, 3.8) is 0 Å². The van der Waals surface area contributed by atoms with E-state index in [9.17, 15) is 9.90 Å². The lowest BCUT2D eigenvalue weighted by molar-refractivity contribution is 0.0950. The molecule has 0 bridgehead atoms. The summed E-state index contributed by atoms with van der Waals surface area (Å²) in [5, 5.41) is 20.6. The maximum absolute atomic E-state index is 11.8. The fraction of sp³-hybridized carbons (Fsp3) is 0.385. The van der Waals surface area contributed by atoms with E-state index in [4.69, 9.17) is 10.00 Å². The van der Waals surface area contributed by atoms with E-state index in [0.29, 0.717) is 18.7 Å². The fourth-order valence-electron chi connectivity index (χ4n) is 1.45. The molecular formula is C13H16N2O3. The summed E-state index contributed by atoms with van der Waals surface area (Å²) < 4.78 is 4.99. The smallest absolute Gasteiger partial charge is 0.255 e. The Hall–Kier alpha value is -2.22. The van der Waals surface area contributed by atoms with Gasteiger partial charge in [-0.15, -0.1) is 0 Å². The molecule has 0 saturated heterocycles. The molecule has 1 aromatic rings. The minimum atomic E-state index is -0.344. The highest BCUT2D eigenvalue weighted by atomic mass is 16.5. The van der Waals surface area contributed by atoms with Crippen LogP contribution in [0.25, 0.3) is 0 Å². The van der Waals surface area contributed by atoms with E-state index in [-0.39, 0.29) is 17.2 Å². The number of methoxy groups -OCH3 is 1. The number of hydrogen-bond donors (Lipinski definition) is 2. The van der Waals surface area contributed by atoms with E-state index in [1.165, 1.54) is 19.2 Å². The Labute approximate surface area is 106 Å². The number of carbonyl (C=O) groups is 1. The number of ether oxygens (including phenoxy) is 1. The largest absolute Gasteiger partial charge is 0.507 e. The third-order valence-electron chi connectivity index (χ3n) is 2.45. The molecule has 0 atom stereocenters. The second-order valence-corrected chi connectivity index (χ2v) is 3.75. The number of aromatic hydroxyl groups is 1. The lowest BCUT2D eigenvalue weighted by Gasteiger charge is -2.08. The molecule has 5 heteroatoms. The highest BCUT2D eigenvalue weighted by Crippen LogP contribution is 2.22. The molecule has 2 N–H and O–H groups in total. The molecule has 1 aromatic carbocycles. The summed E-state index contributed by atoms with van der Waals surface area (Å²) in [5.74, 6) is 0.0936. The quantitative estimate of drug-likeness (QED) is 0.752. The average Bonchev–Trinajstić information content (AvgIpc) is 2.39. The van der Waals surface area contributed by atoms with Gasteiger partial charge in [-0.3, -0.25) is 4.79 Å². The van der Waals surface area contributed by atoms with Crippen LogP contribution >= 0.6 is 0 Å². The minimum Gasteiger partial charge on any atom is -0.507 e. The molecule has 0 radical (unpaired) electrons. The zero-order chi connectivity index (χ0) is 13.4. The van der Waals surface area contributed by atoms with Crippen LogP contribution in [0, 0.1) is 11.3 Å². The number of unbranched alkanes of at least 4 members (excludes halogenated alkanes) is 2. The summed E-state index contributed by atoms with van der Waals surface area (Å²) >= 11 is 0. The van der Waals surface area contributed by atoms with E-state index in [1.807, 2.05) is 6.07 Å². The molecule has 0 aliphatic carbocycles. The first-order chi connectivity index (χ1) is 8.69. The minimum absolute atomic E-state index is 0.0784. The van der Waals surface area contributed by atoms with Crippen LogP contribution in [0.5, 0.6) is 11.5 Å². The molecule has 1 rings (SSSR count). The lowest BCUT2D eigenvalue weighted by Crippen LogP contribution is -2.24. The van der Waals surface area contributed by atoms with E-state index in [0.717, 1.165) is 12.8 Å². The normalized spacial score (nSPS) is 9.56. The van der Waals surface area contributed by atoms with E-state index in [2.05, 4.69) is 5.32 Å². The Balaban J connectivity index is 2.53. The molecule has 0 aromatic heterocycles. The summed E-state index contributed by atoms with van der Waals surface area (Å²) in [7, 11) is 1.50. The molecule has 0 aliphatic heterocycles. The third kappa shape index (κ3) is 3.98. The number of rotatable bonds is 6. The monoisotopic (exact) mass is 248 g/mol. The van der Waals surface area contributed by atoms with Crippen molar-refractivity contribution in [1.29, 1.82) is 5.26 Å². The van der Waals surface area contributed by atoms with Gasteiger partial charge in [0.25, 0.3) is 5.91 Å². The number of benzene rings is 1. The van der Waals surface area contributed by atoms with Crippen LogP contribution in [0.4, 0.5) is 0 Å². The van der Waals surface area contributed by atoms with Crippen LogP contribution in [-0.2, 0) is 0 Å². The standard InChI is InChI=1S/C13H16N2O3/c1-18-10-5-6-12(16)11(9-10)13(17)15-8-4-2-3-7-14/h5-6,9,16H,2-4,8H2,1H3,(H,15,17). The van der Waals surface area contributed by atoms with Crippen molar-refractivity contribution < 1.29 is 14.6 Å². The van der Waals surface area contributed by atoms with Gasteiger partial charge in [0, 0.05) is 13.0 Å². The predicted molar refractivity (Wildman–Crippen MR) is 66.5 cm³/mol. The zero-order valence-corrected chi connectivity index (χ0v) is 10.3. The molecule has 0 spiro atoms. The van der Waals surface area contributed by atoms with Crippen LogP contribution in [0.1, 0.15) is 29.6 Å². The number of nitrogens with one attached hydrogen (secondary N) is 1. The van der Waals surface area contributed by atoms with Crippen molar-refractivity contribution in [2.75, 3.05) is 13.7 Å². The highest BCUT2D eigenvalue weighted by Gasteiger charge is 2.11. The summed E-state index contributed by atoms with van der Waals surface area (Å²) in [6, 6.07) is 6.53. The summed E-state index contributed by atoms with van der Waals surface area (Å²) in [6.45, 7) is 0.483. The molecule has 0 saturated carbocycles. The second-order valence-electron chi connectivity index (χ2n) is 3.75. The van der Waals surface area contributed by atoms with E-state index < -0.39 is 0 Å². The van der Waals surface area contributed by atoms with Crippen molar-refractivity contribution >= 4 is 5.91 Å². The van der Waals surface area contributed by atoms with Gasteiger partial charge in [0.1, 0.15) is 11.5 Å². The number of carbonyl (C=O) groups excluding carboxylic acids is 1. The van der Waals surface area contributed by atoms with Crippen molar-refractivity contribution in [3.8, 4) is 17.6 Å². The van der Waals surface area contributed by atoms with Gasteiger partial charge in [-0.1, -0.05) is 0 Å². The van der Waals surface area contributed by atoms with Crippen LogP contribution in [0.2, 0.25) is 0 Å². The molecule has 0 unspecified atom stereocenters. The molecule has 0 aliphatic rings. The summed E-state index contributed by atoms with van der Waals surface area (Å²) in [5.41, 5.74) is 0.189. The Kier molecular flexibility index (Phi) is 5.52. The van der Waals surface area contributed by atoms with Gasteiger partial charge in [0.15, 0.2) is 0 Å². The first kappa shape index (κ1) is 13.8. The SMILES string of the molecule is COc1ccc(O)c(C(=O)NCCCCC#N)c1. The maximum Gasteiger partial charge on any atom is 0.255 e. The van der Waals surface area contributed by atoms with Crippen molar-refractivity contribution in [2.24, 2.45) is 0 Å². The Morgan fingerprint density at radius 3 is 2.94 bits per heavy atom. The van der Waals surface area contributed by atoms with E-state index >= 15 is 0 Å². The van der Waals surface area contributed by atoms with Crippen molar-refractivity contribution in [1.82, 2.24) is 5.32 Å². The number of nitrogens with zero attached hydrogens (tertiary/aromatic N) is 1. The fourth-order valence-corrected chi connectivity index (χ4v) is 1.45. The number of phenolic OH excluding ortho intramolecular Hbond substituents is 1. The summed E-state index contributed by atoms with van der Waals surface area (Å²) in [6.07, 6.45) is 1.98. The maximum atomic E-state index is 11.8. The van der Waals surface area contributed by atoms with Crippen LogP contribution in [0.3, 0.4) is 0 Å². The number of hydrogen-bond acceptors (Lipinski definition) is 4. The van der Waals surface area contributed by atoms with Crippen LogP contribution in [-0.4, -0.2) is 24.7 Å². The third-order valence-corrected chi connectivity index (χ3v) is 2.45. The van der Waals surface area contributed by atoms with Crippen molar-refractivity contribution in [3.05, 3.63) is 23.8 Å². The zero-order valence-electron chi connectivity index (χ0n) is 10.3. The summed E-state index contributed by atoms with van der Waals surface area (Å²) in [4.78, 5) is 11.8. The van der Waals surface area contributed by atoms with Crippen LogP contribution in [0.15, 0.2) is 18.2 Å². The van der Waals surface area contributed by atoms with Gasteiger partial charge in [-0.05, 0) is 31.0 Å². The Morgan fingerprint density at radius 2 is 2.28 bits per heavy atom. The van der Waals surface area contributed by atoms with Gasteiger partial charge < -0.3 is 15.2 Å². The van der Waals surface area contributed by atoms with Gasteiger partial charge in [-0.2, -0.15) is 5.26 Å². The highest BCUT2D eigenvalue weighted by molar-refractivity contribution is 5.97. The van der Waals surface area contributed by atoms with Gasteiger partial charge >= 0.3 is 0 Å². The first-order valence-electron chi connectivity index (χ1n) is 5.71. The van der Waals surface area contributed by atoms with Crippen molar-refractivity contribution in [2.45, 2.75) is 19.3 Å². The van der Waals surface area contributed by atoms with Gasteiger partial charge in [0.2, 0.25) is 0 Å². The topological polar surface area (TPSA) is 82.3 Å². The number of nitriles is 1. The molecule has 0 fully saturated rings. The molecule has 18 heavy (non-hydrogen) atoms. The Morgan fingerprint density at radius 1 is 1.50 bits per heavy atom. The predicted octanol–water partition coefficient (Wildman–Crippen LogP) is 1.82. The Bertz CT molecular complexity index is 452. The molecule has 5 nitrogen and oxygen atoms in total. The molecule has 0 heterocycles. The number of amides is 1. The van der Waals surface area contributed by atoms with E-state index in [1.54, 1.807) is 6.07 Å². The number of phenols is 1.